The van der Waals surface area contributed by atoms with Gasteiger partial charge in [0.1, 0.15) is 0 Å². The van der Waals surface area contributed by atoms with E-state index in [4.69, 9.17) is 4.74 Å². The van der Waals surface area contributed by atoms with E-state index in [1.807, 2.05) is 38.1 Å². The monoisotopic (exact) mass is 360 g/mol. The van der Waals surface area contributed by atoms with E-state index in [1.165, 1.54) is 0 Å². The molecule has 1 aliphatic rings. The number of aryl methyl sites for hydroxylation is 2. The van der Waals surface area contributed by atoms with Gasteiger partial charge in [0.15, 0.2) is 0 Å². The van der Waals surface area contributed by atoms with Crippen molar-refractivity contribution in [2.24, 2.45) is 5.92 Å². The fourth-order valence-corrected chi connectivity index (χ4v) is 4.90. The van der Waals surface area contributed by atoms with Gasteiger partial charge in [0.2, 0.25) is 10.0 Å². The zero-order chi connectivity index (χ0) is 17.9. The largest absolute Gasteiger partial charge is 0.381 e. The molecule has 2 heterocycles. The molecule has 1 fully saturated rings. The average molecular weight is 360 g/mol. The van der Waals surface area contributed by atoms with Crippen LogP contribution in [0.1, 0.15) is 35.6 Å². The first-order valence-corrected chi connectivity index (χ1v) is 10.0. The molecule has 1 saturated heterocycles. The molecule has 1 N–H and O–H groups in total. The molecule has 0 aliphatic carbocycles. The van der Waals surface area contributed by atoms with Crippen LogP contribution in [0, 0.1) is 19.8 Å². The lowest BCUT2D eigenvalue weighted by atomic mass is 9.88. The van der Waals surface area contributed by atoms with E-state index in [0.717, 1.165) is 29.5 Å². The number of sulfonamides is 1. The third-order valence-electron chi connectivity index (χ3n) is 4.70. The van der Waals surface area contributed by atoms with Crippen molar-refractivity contribution in [1.29, 1.82) is 0 Å². The number of hydrogen-bond donors (Lipinski definition) is 1. The fourth-order valence-electron chi connectivity index (χ4n) is 3.27. The minimum absolute atomic E-state index is 0.192. The van der Waals surface area contributed by atoms with Crippen LogP contribution in [0.2, 0.25) is 0 Å². The van der Waals surface area contributed by atoms with Gasteiger partial charge >= 0.3 is 0 Å². The van der Waals surface area contributed by atoms with Crippen LogP contribution in [-0.2, 0) is 14.8 Å². The second-order valence-electron chi connectivity index (χ2n) is 6.60. The van der Waals surface area contributed by atoms with E-state index in [-0.39, 0.29) is 12.0 Å². The van der Waals surface area contributed by atoms with Gasteiger partial charge in [0, 0.05) is 25.6 Å². The second-order valence-corrected chi connectivity index (χ2v) is 8.29. The van der Waals surface area contributed by atoms with E-state index < -0.39 is 10.0 Å². The summed E-state index contributed by atoms with van der Waals surface area (Å²) in [4.78, 5) is 4.51. The summed E-state index contributed by atoms with van der Waals surface area (Å²) in [5.41, 5.74) is 2.56. The number of nitrogens with zero attached hydrogens (tertiary/aromatic N) is 1. The van der Waals surface area contributed by atoms with Crippen LogP contribution < -0.4 is 4.72 Å². The van der Waals surface area contributed by atoms with Crippen molar-refractivity contribution in [3.05, 3.63) is 59.4 Å². The molecule has 134 valence electrons. The number of hydrogen-bond acceptors (Lipinski definition) is 4. The fraction of sp³-hybridized carbons (Fsp3) is 0.421. The standard InChI is InChI=1S/C19H24N2O3S/c1-14-5-6-15(2)18(12-14)25(22,23)21-19(16-7-10-24-11-8-16)17-4-3-9-20-13-17/h3-6,9,12-13,16,19,21H,7-8,10-11H2,1-2H3. The van der Waals surface area contributed by atoms with E-state index in [1.54, 1.807) is 18.5 Å². The number of nitrogens with one attached hydrogen (secondary N) is 1. The maximum absolute atomic E-state index is 13.1. The van der Waals surface area contributed by atoms with E-state index in [9.17, 15) is 8.42 Å². The Hall–Kier alpha value is -1.76. The predicted molar refractivity (Wildman–Crippen MR) is 96.8 cm³/mol. The highest BCUT2D eigenvalue weighted by Gasteiger charge is 2.30. The smallest absolute Gasteiger partial charge is 0.241 e. The van der Waals surface area contributed by atoms with Gasteiger partial charge in [-0.2, -0.15) is 0 Å². The summed E-state index contributed by atoms with van der Waals surface area (Å²) in [5.74, 6) is 0.192. The highest BCUT2D eigenvalue weighted by molar-refractivity contribution is 7.89. The first-order chi connectivity index (χ1) is 12.0. The van der Waals surface area contributed by atoms with Crippen molar-refractivity contribution < 1.29 is 13.2 Å². The van der Waals surface area contributed by atoms with Gasteiger partial charge in [0.05, 0.1) is 10.9 Å². The van der Waals surface area contributed by atoms with Crippen molar-refractivity contribution in [3.8, 4) is 0 Å². The first kappa shape index (κ1) is 18.0. The van der Waals surface area contributed by atoms with E-state index >= 15 is 0 Å². The summed E-state index contributed by atoms with van der Waals surface area (Å²) < 4.78 is 34.5. The molecular formula is C19H24N2O3S. The topological polar surface area (TPSA) is 68.3 Å². The van der Waals surface area contributed by atoms with Crippen LogP contribution in [0.15, 0.2) is 47.6 Å². The summed E-state index contributed by atoms with van der Waals surface area (Å²) in [6, 6.07) is 8.96. The van der Waals surface area contributed by atoms with Crippen LogP contribution >= 0.6 is 0 Å². The van der Waals surface area contributed by atoms with Gasteiger partial charge in [-0.05, 0) is 61.4 Å². The summed E-state index contributed by atoms with van der Waals surface area (Å²) in [6.07, 6.45) is 5.10. The highest BCUT2D eigenvalue weighted by atomic mass is 32.2. The Morgan fingerprint density at radius 2 is 1.96 bits per heavy atom. The minimum Gasteiger partial charge on any atom is -0.381 e. The van der Waals surface area contributed by atoms with Gasteiger partial charge in [-0.1, -0.05) is 18.2 Å². The van der Waals surface area contributed by atoms with Crippen molar-refractivity contribution >= 4 is 10.0 Å². The summed E-state index contributed by atoms with van der Waals surface area (Å²) in [6.45, 7) is 5.04. The average Bonchev–Trinajstić information content (AvgIpc) is 2.63. The van der Waals surface area contributed by atoms with Crippen LogP contribution in [0.3, 0.4) is 0 Å². The third-order valence-corrected chi connectivity index (χ3v) is 6.28. The van der Waals surface area contributed by atoms with Gasteiger partial charge in [-0.15, -0.1) is 0 Å². The summed E-state index contributed by atoms with van der Waals surface area (Å²) >= 11 is 0. The Balaban J connectivity index is 1.95. The van der Waals surface area contributed by atoms with Crippen LogP contribution in [0.25, 0.3) is 0 Å². The molecule has 3 rings (SSSR count). The Kier molecular flexibility index (Phi) is 5.51. The van der Waals surface area contributed by atoms with Crippen molar-refractivity contribution in [2.75, 3.05) is 13.2 Å². The normalized spacial score (nSPS) is 17.4. The Bertz CT molecular complexity index is 816. The SMILES string of the molecule is Cc1ccc(C)c(S(=O)(=O)NC(c2cccnc2)C2CCOCC2)c1. The third kappa shape index (κ3) is 4.26. The van der Waals surface area contributed by atoms with Crippen molar-refractivity contribution in [3.63, 3.8) is 0 Å². The molecule has 0 amide bonds. The number of rotatable bonds is 5. The lowest BCUT2D eigenvalue weighted by Crippen LogP contribution is -2.36. The van der Waals surface area contributed by atoms with E-state index in [0.29, 0.717) is 18.1 Å². The van der Waals surface area contributed by atoms with E-state index in [2.05, 4.69) is 9.71 Å². The molecule has 1 unspecified atom stereocenters. The lowest BCUT2D eigenvalue weighted by molar-refractivity contribution is 0.0564. The number of pyridine rings is 1. The van der Waals surface area contributed by atoms with Crippen molar-refractivity contribution in [2.45, 2.75) is 37.6 Å². The molecule has 0 radical (unpaired) electrons. The molecule has 2 aromatic rings. The summed E-state index contributed by atoms with van der Waals surface area (Å²) in [7, 11) is -3.63. The molecule has 1 aromatic carbocycles. The highest BCUT2D eigenvalue weighted by Crippen LogP contribution is 2.31. The number of aromatic nitrogens is 1. The second kappa shape index (κ2) is 7.64. The Morgan fingerprint density at radius 1 is 1.20 bits per heavy atom. The first-order valence-electron chi connectivity index (χ1n) is 8.54. The molecule has 5 nitrogen and oxygen atoms in total. The minimum atomic E-state index is -3.63. The predicted octanol–water partition coefficient (Wildman–Crippen LogP) is 3.14. The zero-order valence-corrected chi connectivity index (χ0v) is 15.4. The lowest BCUT2D eigenvalue weighted by Gasteiger charge is -2.31. The van der Waals surface area contributed by atoms with Crippen LogP contribution in [0.5, 0.6) is 0 Å². The number of ether oxygens (including phenoxy) is 1. The molecule has 0 bridgehead atoms. The van der Waals surface area contributed by atoms with Crippen molar-refractivity contribution in [1.82, 2.24) is 9.71 Å². The molecule has 1 atom stereocenters. The van der Waals surface area contributed by atoms with Crippen LogP contribution in [-0.4, -0.2) is 26.6 Å². The molecule has 0 saturated carbocycles. The molecule has 25 heavy (non-hydrogen) atoms. The van der Waals surface area contributed by atoms with Gasteiger partial charge in [-0.3, -0.25) is 4.98 Å². The number of benzene rings is 1. The van der Waals surface area contributed by atoms with Crippen LogP contribution in [0.4, 0.5) is 0 Å². The quantitative estimate of drug-likeness (QED) is 0.889. The molecule has 0 spiro atoms. The van der Waals surface area contributed by atoms with Gasteiger partial charge in [0.25, 0.3) is 0 Å². The zero-order valence-electron chi connectivity index (χ0n) is 14.6. The molecule has 1 aliphatic heterocycles. The molecular weight excluding hydrogens is 336 g/mol. The Labute approximate surface area is 149 Å². The molecule has 6 heteroatoms. The molecule has 1 aromatic heterocycles. The van der Waals surface area contributed by atoms with Gasteiger partial charge < -0.3 is 4.74 Å². The Morgan fingerprint density at radius 3 is 2.64 bits per heavy atom. The maximum atomic E-state index is 13.1. The maximum Gasteiger partial charge on any atom is 0.241 e. The summed E-state index contributed by atoms with van der Waals surface area (Å²) in [5, 5.41) is 0. The van der Waals surface area contributed by atoms with Gasteiger partial charge in [-0.25, -0.2) is 13.1 Å².